The summed E-state index contributed by atoms with van der Waals surface area (Å²) in [5.41, 5.74) is 0. The average molecular weight is 223 g/mol. The van der Waals surface area contributed by atoms with Crippen molar-refractivity contribution in [3.63, 3.8) is 0 Å². The number of nitrogens with one attached hydrogen (secondary N) is 1. The molecule has 16 heavy (non-hydrogen) atoms. The van der Waals surface area contributed by atoms with Gasteiger partial charge in [0.2, 0.25) is 0 Å². The highest BCUT2D eigenvalue weighted by molar-refractivity contribution is 5.34. The molecule has 1 fully saturated rings. The lowest BCUT2D eigenvalue weighted by atomic mass is 10.1. The Morgan fingerprint density at radius 3 is 3.25 bits per heavy atom. The fraction of sp³-hybridized carbons (Fsp3) is 0.750. The summed E-state index contributed by atoms with van der Waals surface area (Å²) in [7, 11) is 0. The minimum absolute atomic E-state index is 0.496. The van der Waals surface area contributed by atoms with Crippen LogP contribution in [0.25, 0.3) is 0 Å². The second-order valence-corrected chi connectivity index (χ2v) is 4.58. The van der Waals surface area contributed by atoms with Crippen molar-refractivity contribution in [1.82, 2.24) is 9.78 Å². The number of anilines is 1. The van der Waals surface area contributed by atoms with Gasteiger partial charge in [-0.15, -0.1) is 0 Å². The molecular weight excluding hydrogens is 202 g/mol. The van der Waals surface area contributed by atoms with Gasteiger partial charge in [0.1, 0.15) is 5.82 Å². The van der Waals surface area contributed by atoms with Crippen LogP contribution < -0.4 is 5.32 Å². The highest BCUT2D eigenvalue weighted by Gasteiger charge is 2.17. The lowest BCUT2D eigenvalue weighted by Gasteiger charge is -2.16. The third kappa shape index (κ3) is 2.76. The van der Waals surface area contributed by atoms with Gasteiger partial charge in [-0.1, -0.05) is 6.92 Å². The Labute approximate surface area is 97.0 Å². The zero-order chi connectivity index (χ0) is 11.4. The average Bonchev–Trinajstić information content (AvgIpc) is 2.92. The highest BCUT2D eigenvalue weighted by Crippen LogP contribution is 2.17. The summed E-state index contributed by atoms with van der Waals surface area (Å²) < 4.78 is 7.45. The van der Waals surface area contributed by atoms with Gasteiger partial charge in [-0.25, -0.2) is 4.68 Å². The van der Waals surface area contributed by atoms with E-state index in [0.29, 0.717) is 12.0 Å². The molecule has 0 saturated carbocycles. The first kappa shape index (κ1) is 11.5. The quantitative estimate of drug-likeness (QED) is 0.831. The maximum Gasteiger partial charge on any atom is 0.124 e. The predicted octanol–water partition coefficient (Wildman–Crippen LogP) is 2.13. The van der Waals surface area contributed by atoms with Crippen LogP contribution in [0.4, 0.5) is 5.82 Å². The van der Waals surface area contributed by atoms with Crippen molar-refractivity contribution in [3.05, 3.63) is 12.3 Å². The second kappa shape index (κ2) is 5.34. The first-order valence-electron chi connectivity index (χ1n) is 6.15. The fourth-order valence-electron chi connectivity index (χ4n) is 1.93. The summed E-state index contributed by atoms with van der Waals surface area (Å²) in [6.07, 6.45) is 4.14. The van der Waals surface area contributed by atoms with E-state index in [4.69, 9.17) is 4.74 Å². The molecule has 0 aliphatic carbocycles. The molecule has 2 unspecified atom stereocenters. The van der Waals surface area contributed by atoms with Crippen molar-refractivity contribution < 1.29 is 4.74 Å². The van der Waals surface area contributed by atoms with Crippen molar-refractivity contribution >= 4 is 5.82 Å². The van der Waals surface area contributed by atoms with Crippen molar-refractivity contribution in [3.8, 4) is 0 Å². The summed E-state index contributed by atoms with van der Waals surface area (Å²) in [5.74, 6) is 1.75. The lowest BCUT2D eigenvalue weighted by Crippen LogP contribution is -2.19. The van der Waals surface area contributed by atoms with Gasteiger partial charge in [-0.2, -0.15) is 5.10 Å². The van der Waals surface area contributed by atoms with Crippen LogP contribution in [0.5, 0.6) is 0 Å². The number of hydrogen-bond acceptors (Lipinski definition) is 3. The van der Waals surface area contributed by atoms with Crippen molar-refractivity contribution in [2.75, 3.05) is 18.5 Å². The third-order valence-corrected chi connectivity index (χ3v) is 3.18. The van der Waals surface area contributed by atoms with E-state index in [1.807, 2.05) is 12.3 Å². The van der Waals surface area contributed by atoms with E-state index in [1.54, 1.807) is 0 Å². The van der Waals surface area contributed by atoms with Gasteiger partial charge in [0, 0.05) is 31.2 Å². The summed E-state index contributed by atoms with van der Waals surface area (Å²) in [4.78, 5) is 0. The zero-order valence-electron chi connectivity index (χ0n) is 10.1. The lowest BCUT2D eigenvalue weighted by molar-refractivity contribution is 0.181. The van der Waals surface area contributed by atoms with Crippen molar-refractivity contribution in [2.24, 2.45) is 5.92 Å². The molecule has 2 heterocycles. The summed E-state index contributed by atoms with van der Waals surface area (Å²) in [5, 5.41) is 7.84. The first-order valence-corrected chi connectivity index (χ1v) is 6.15. The molecule has 0 amide bonds. The van der Waals surface area contributed by atoms with E-state index in [1.165, 1.54) is 0 Å². The maximum atomic E-state index is 5.39. The molecule has 0 aromatic carbocycles. The van der Waals surface area contributed by atoms with Crippen LogP contribution in [0.1, 0.15) is 26.7 Å². The summed E-state index contributed by atoms with van der Waals surface area (Å²) >= 11 is 0. The van der Waals surface area contributed by atoms with Crippen LogP contribution in [-0.4, -0.2) is 29.0 Å². The Balaban J connectivity index is 1.95. The molecule has 0 bridgehead atoms. The molecule has 1 N–H and O–H groups in total. The Kier molecular flexibility index (Phi) is 3.83. The predicted molar refractivity (Wildman–Crippen MR) is 64.5 cm³/mol. The van der Waals surface area contributed by atoms with E-state index < -0.39 is 0 Å². The largest absolute Gasteiger partial charge is 0.381 e. The topological polar surface area (TPSA) is 39.1 Å². The van der Waals surface area contributed by atoms with Crippen LogP contribution in [0.2, 0.25) is 0 Å². The minimum atomic E-state index is 0.496. The number of aromatic nitrogens is 2. The highest BCUT2D eigenvalue weighted by atomic mass is 16.5. The van der Waals surface area contributed by atoms with Gasteiger partial charge in [-0.05, 0) is 19.8 Å². The molecule has 2 rings (SSSR count). The van der Waals surface area contributed by atoms with Gasteiger partial charge in [0.05, 0.1) is 12.8 Å². The molecule has 1 aliphatic heterocycles. The summed E-state index contributed by atoms with van der Waals surface area (Å²) in [6, 6.07) is 2.54. The number of hydrogen-bond donors (Lipinski definition) is 1. The molecule has 1 aromatic heterocycles. The van der Waals surface area contributed by atoms with Gasteiger partial charge < -0.3 is 10.1 Å². The van der Waals surface area contributed by atoms with Crippen molar-refractivity contribution in [1.29, 1.82) is 0 Å². The van der Waals surface area contributed by atoms with E-state index in [9.17, 15) is 0 Å². The minimum Gasteiger partial charge on any atom is -0.381 e. The molecule has 1 aliphatic rings. The smallest absolute Gasteiger partial charge is 0.124 e. The molecule has 90 valence electrons. The van der Waals surface area contributed by atoms with Crippen LogP contribution in [-0.2, 0) is 11.3 Å². The summed E-state index contributed by atoms with van der Waals surface area (Å²) in [6.45, 7) is 7.12. The third-order valence-electron chi connectivity index (χ3n) is 3.18. The maximum absolute atomic E-state index is 5.39. The van der Waals surface area contributed by atoms with Crippen LogP contribution in [0, 0.1) is 5.92 Å². The van der Waals surface area contributed by atoms with Gasteiger partial charge in [-0.3, -0.25) is 0 Å². The Morgan fingerprint density at radius 2 is 2.56 bits per heavy atom. The monoisotopic (exact) mass is 223 g/mol. The Hall–Kier alpha value is -1.03. The van der Waals surface area contributed by atoms with Crippen LogP contribution in [0.3, 0.4) is 0 Å². The SMILES string of the molecule is CCC(C)Nc1ccnn1CC1CCOC1. The van der Waals surface area contributed by atoms with Crippen molar-refractivity contribution in [2.45, 2.75) is 39.3 Å². The second-order valence-electron chi connectivity index (χ2n) is 4.58. The number of nitrogens with zero attached hydrogens (tertiary/aromatic N) is 2. The number of ether oxygens (including phenoxy) is 1. The molecule has 4 nitrogen and oxygen atoms in total. The van der Waals surface area contributed by atoms with Gasteiger partial charge >= 0.3 is 0 Å². The standard InChI is InChI=1S/C12H21N3O/c1-3-10(2)14-12-4-6-13-15(12)8-11-5-7-16-9-11/h4,6,10-11,14H,3,5,7-9H2,1-2H3. The van der Waals surface area contributed by atoms with E-state index in [2.05, 4.69) is 28.9 Å². The number of rotatable bonds is 5. The van der Waals surface area contributed by atoms with E-state index >= 15 is 0 Å². The molecule has 0 radical (unpaired) electrons. The first-order chi connectivity index (χ1) is 7.79. The molecule has 2 atom stereocenters. The normalized spacial score (nSPS) is 22.2. The molecule has 1 saturated heterocycles. The van der Waals surface area contributed by atoms with E-state index in [0.717, 1.165) is 38.4 Å². The van der Waals surface area contributed by atoms with Gasteiger partial charge in [0.25, 0.3) is 0 Å². The van der Waals surface area contributed by atoms with Gasteiger partial charge in [0.15, 0.2) is 0 Å². The molecule has 0 spiro atoms. The molecular formula is C12H21N3O. The zero-order valence-corrected chi connectivity index (χ0v) is 10.1. The van der Waals surface area contributed by atoms with E-state index in [-0.39, 0.29) is 0 Å². The fourth-order valence-corrected chi connectivity index (χ4v) is 1.93. The Morgan fingerprint density at radius 1 is 1.69 bits per heavy atom. The van der Waals surface area contributed by atoms with Crippen LogP contribution >= 0.6 is 0 Å². The Bertz CT molecular complexity index is 318. The van der Waals surface area contributed by atoms with Crippen LogP contribution in [0.15, 0.2) is 12.3 Å². The molecule has 1 aromatic rings. The molecule has 4 heteroatoms.